The van der Waals surface area contributed by atoms with Crippen molar-refractivity contribution in [2.24, 2.45) is 0 Å². The van der Waals surface area contributed by atoms with Gasteiger partial charge in [0.25, 0.3) is 0 Å². The Kier molecular flexibility index (Phi) is 6.06. The van der Waals surface area contributed by atoms with E-state index in [1.165, 1.54) is 17.3 Å². The molecule has 0 radical (unpaired) electrons. The monoisotopic (exact) mass is 411 g/mol. The number of aryl methyl sites for hydroxylation is 1. The fourth-order valence-corrected chi connectivity index (χ4v) is 4.43. The molecule has 0 aromatic heterocycles. The molecule has 2 aromatic rings. The quantitative estimate of drug-likeness (QED) is 0.782. The van der Waals surface area contributed by atoms with Crippen molar-refractivity contribution >= 4 is 35.1 Å². The van der Waals surface area contributed by atoms with Gasteiger partial charge >= 0.3 is 6.03 Å². The molecule has 0 saturated carbocycles. The summed E-state index contributed by atoms with van der Waals surface area (Å²) in [4.78, 5) is 27.7. The minimum Gasteiger partial charge on any atom is -0.376 e. The molecular weight excluding hydrogens is 386 g/mol. The summed E-state index contributed by atoms with van der Waals surface area (Å²) in [6.07, 6.45) is 2.12. The van der Waals surface area contributed by atoms with Crippen molar-refractivity contribution in [1.29, 1.82) is 0 Å². The topological polar surface area (TPSA) is 70.7 Å². The Balaban J connectivity index is 1.46. The Morgan fingerprint density at radius 2 is 2.07 bits per heavy atom. The number of anilines is 2. The van der Waals surface area contributed by atoms with Gasteiger partial charge in [0, 0.05) is 23.7 Å². The molecule has 2 aromatic carbocycles. The van der Waals surface area contributed by atoms with E-state index < -0.39 is 0 Å². The summed E-state index contributed by atoms with van der Waals surface area (Å²) < 4.78 is 5.53. The van der Waals surface area contributed by atoms with Crippen LogP contribution in [0, 0.1) is 6.92 Å². The number of carbonyl (C=O) groups excluding carboxylic acids is 2. The predicted molar refractivity (Wildman–Crippen MR) is 116 cm³/mol. The van der Waals surface area contributed by atoms with Gasteiger partial charge in [-0.25, -0.2) is 4.79 Å². The molecule has 3 amide bonds. The lowest BCUT2D eigenvalue weighted by Gasteiger charge is -2.29. The Labute approximate surface area is 175 Å². The molecule has 0 aliphatic carbocycles. The maximum absolute atomic E-state index is 12.6. The van der Waals surface area contributed by atoms with Gasteiger partial charge in [0.2, 0.25) is 5.91 Å². The van der Waals surface area contributed by atoms with Crippen LogP contribution < -0.4 is 15.5 Å². The molecule has 0 spiro atoms. The second-order valence-electron chi connectivity index (χ2n) is 7.41. The number of ether oxygens (including phenoxy) is 1. The lowest BCUT2D eigenvalue weighted by atomic mass is 10.1. The van der Waals surface area contributed by atoms with Crippen molar-refractivity contribution in [3.05, 3.63) is 53.6 Å². The van der Waals surface area contributed by atoms with Crippen molar-refractivity contribution in [2.75, 3.05) is 29.1 Å². The van der Waals surface area contributed by atoms with Crippen LogP contribution in [0.1, 0.15) is 24.0 Å². The third-order valence-corrected chi connectivity index (χ3v) is 6.18. The van der Waals surface area contributed by atoms with E-state index in [4.69, 9.17) is 4.74 Å². The van der Waals surface area contributed by atoms with Gasteiger partial charge in [-0.15, -0.1) is 11.8 Å². The average molecular weight is 412 g/mol. The Morgan fingerprint density at radius 1 is 1.24 bits per heavy atom. The van der Waals surface area contributed by atoms with Gasteiger partial charge in [0.1, 0.15) is 0 Å². The van der Waals surface area contributed by atoms with E-state index in [0.717, 1.165) is 35.6 Å². The summed E-state index contributed by atoms with van der Waals surface area (Å²) in [5.74, 6) is 0.496. The maximum atomic E-state index is 12.6. The van der Waals surface area contributed by atoms with Gasteiger partial charge in [-0.05, 0) is 43.5 Å². The van der Waals surface area contributed by atoms with Gasteiger partial charge in [0.05, 0.1) is 24.1 Å². The highest BCUT2D eigenvalue weighted by Gasteiger charge is 2.25. The number of hydrogen-bond acceptors (Lipinski definition) is 4. The molecule has 7 heteroatoms. The number of urea groups is 1. The van der Waals surface area contributed by atoms with Gasteiger partial charge in [0.15, 0.2) is 0 Å². The van der Waals surface area contributed by atoms with Crippen molar-refractivity contribution in [3.63, 3.8) is 0 Å². The Bertz CT molecular complexity index is 895. The fraction of sp³-hybridized carbons (Fsp3) is 0.364. The molecule has 29 heavy (non-hydrogen) atoms. The first-order chi connectivity index (χ1) is 14.1. The van der Waals surface area contributed by atoms with Crippen LogP contribution in [0.3, 0.4) is 0 Å². The summed E-state index contributed by atoms with van der Waals surface area (Å²) in [7, 11) is 0. The second kappa shape index (κ2) is 8.88. The smallest absolute Gasteiger partial charge is 0.319 e. The van der Waals surface area contributed by atoms with Gasteiger partial charge in [-0.2, -0.15) is 0 Å². The first-order valence-electron chi connectivity index (χ1n) is 9.88. The summed E-state index contributed by atoms with van der Waals surface area (Å²) >= 11 is 1.53. The van der Waals surface area contributed by atoms with E-state index in [-0.39, 0.29) is 18.0 Å². The number of carbonyl (C=O) groups is 2. The van der Waals surface area contributed by atoms with Crippen LogP contribution in [0.2, 0.25) is 0 Å². The summed E-state index contributed by atoms with van der Waals surface area (Å²) in [6.45, 7) is 3.83. The number of fused-ring (bicyclic) bond motifs is 1. The maximum Gasteiger partial charge on any atom is 0.319 e. The first-order valence-corrected chi connectivity index (χ1v) is 10.9. The Hall–Kier alpha value is -2.51. The third-order valence-electron chi connectivity index (χ3n) is 5.14. The third kappa shape index (κ3) is 4.92. The van der Waals surface area contributed by atoms with Crippen LogP contribution in [0.5, 0.6) is 0 Å². The SMILES string of the molecule is Cc1ccc(CN2C(=O)CSc3ccc(NC(=O)NCC4CCCO4)cc32)cc1. The summed E-state index contributed by atoms with van der Waals surface area (Å²) in [5.41, 5.74) is 3.77. The number of nitrogens with one attached hydrogen (secondary N) is 2. The molecular formula is C22H25N3O3S. The van der Waals surface area contributed by atoms with Crippen LogP contribution in [0.15, 0.2) is 47.4 Å². The van der Waals surface area contributed by atoms with Crippen LogP contribution in [-0.2, 0) is 16.1 Å². The van der Waals surface area contributed by atoms with E-state index in [2.05, 4.69) is 22.8 Å². The minimum atomic E-state index is -0.264. The molecule has 1 unspecified atom stereocenters. The fourth-order valence-electron chi connectivity index (χ4n) is 3.52. The molecule has 6 nitrogen and oxygen atoms in total. The van der Waals surface area contributed by atoms with Crippen molar-refractivity contribution in [3.8, 4) is 0 Å². The highest BCUT2D eigenvalue weighted by molar-refractivity contribution is 8.00. The predicted octanol–water partition coefficient (Wildman–Crippen LogP) is 3.93. The van der Waals surface area contributed by atoms with Crippen molar-refractivity contribution in [2.45, 2.75) is 37.3 Å². The number of hydrogen-bond donors (Lipinski definition) is 2. The molecule has 152 valence electrons. The Morgan fingerprint density at radius 3 is 2.83 bits per heavy atom. The normalized spacial score (nSPS) is 18.4. The van der Waals surface area contributed by atoms with Crippen LogP contribution >= 0.6 is 11.8 Å². The van der Waals surface area contributed by atoms with Gasteiger partial charge in [-0.3, -0.25) is 4.79 Å². The second-order valence-corrected chi connectivity index (χ2v) is 8.42. The molecule has 2 heterocycles. The molecule has 4 rings (SSSR count). The van der Waals surface area contributed by atoms with Crippen molar-refractivity contribution < 1.29 is 14.3 Å². The number of rotatable bonds is 5. The van der Waals surface area contributed by atoms with Crippen LogP contribution in [0.25, 0.3) is 0 Å². The number of nitrogens with zero attached hydrogens (tertiary/aromatic N) is 1. The largest absolute Gasteiger partial charge is 0.376 e. The summed E-state index contributed by atoms with van der Waals surface area (Å²) in [5, 5.41) is 5.73. The highest BCUT2D eigenvalue weighted by atomic mass is 32.2. The zero-order valence-corrected chi connectivity index (χ0v) is 17.3. The number of thioether (sulfide) groups is 1. The average Bonchev–Trinajstić information content (AvgIpc) is 3.24. The lowest BCUT2D eigenvalue weighted by Crippen LogP contribution is -2.36. The standard InChI is InChI=1S/C22H25N3O3S/c1-15-4-6-16(7-5-15)13-25-19-11-17(8-9-20(19)29-14-21(25)26)24-22(27)23-12-18-3-2-10-28-18/h4-9,11,18H,2-3,10,12-14H2,1H3,(H2,23,24,27). The van der Waals surface area contributed by atoms with E-state index in [9.17, 15) is 9.59 Å². The van der Waals surface area contributed by atoms with Crippen LogP contribution in [0.4, 0.5) is 16.2 Å². The van der Waals surface area contributed by atoms with Crippen LogP contribution in [-0.4, -0.2) is 36.9 Å². The molecule has 2 N–H and O–H groups in total. The van der Waals surface area contributed by atoms with Gasteiger partial charge < -0.3 is 20.3 Å². The first kappa shape index (κ1) is 19.8. The molecule has 0 bridgehead atoms. The highest BCUT2D eigenvalue weighted by Crippen LogP contribution is 2.38. The van der Waals surface area contributed by atoms with E-state index in [0.29, 0.717) is 24.5 Å². The van der Waals surface area contributed by atoms with Gasteiger partial charge in [-0.1, -0.05) is 29.8 Å². The zero-order valence-electron chi connectivity index (χ0n) is 16.4. The number of benzene rings is 2. The minimum absolute atomic E-state index is 0.0723. The molecule has 1 fully saturated rings. The molecule has 1 saturated heterocycles. The zero-order chi connectivity index (χ0) is 20.2. The number of amides is 3. The van der Waals surface area contributed by atoms with E-state index in [1.54, 1.807) is 4.90 Å². The van der Waals surface area contributed by atoms with E-state index >= 15 is 0 Å². The van der Waals surface area contributed by atoms with Crippen molar-refractivity contribution in [1.82, 2.24) is 5.32 Å². The van der Waals surface area contributed by atoms with E-state index in [1.807, 2.05) is 37.3 Å². The molecule has 2 aliphatic rings. The summed E-state index contributed by atoms with van der Waals surface area (Å²) in [6, 6.07) is 13.6. The lowest BCUT2D eigenvalue weighted by molar-refractivity contribution is -0.116. The molecule has 2 aliphatic heterocycles. The molecule has 1 atom stereocenters.